The number of carbonyl (C=O) groups is 1. The third-order valence-electron chi connectivity index (χ3n) is 2.36. The first-order chi connectivity index (χ1) is 9.92. The zero-order valence-electron chi connectivity index (χ0n) is 11.8. The van der Waals surface area contributed by atoms with Gasteiger partial charge in [-0.2, -0.15) is 9.97 Å². The Labute approximate surface area is 119 Å². The van der Waals surface area contributed by atoms with Crippen LogP contribution in [0.1, 0.15) is 31.3 Å². The lowest BCUT2D eigenvalue weighted by Crippen LogP contribution is -2.23. The maximum Gasteiger partial charge on any atom is 0.362 e. The van der Waals surface area contributed by atoms with E-state index in [0.29, 0.717) is 0 Å². The minimum absolute atomic E-state index is 0.0699. The monoisotopic (exact) mass is 293 g/mol. The van der Waals surface area contributed by atoms with E-state index in [1.807, 2.05) is 0 Å². The summed E-state index contributed by atoms with van der Waals surface area (Å²) in [7, 11) is 0. The molecule has 112 valence electrons. The Hall–Kier alpha value is -2.71. The van der Waals surface area contributed by atoms with Crippen LogP contribution < -0.4 is 16.0 Å². The molecule has 0 aromatic carbocycles. The molecule has 0 aliphatic heterocycles. The normalized spacial score (nSPS) is 10.9. The highest BCUT2D eigenvalue weighted by Gasteiger charge is 2.19. The lowest BCUT2D eigenvalue weighted by atomic mass is 10.4. The highest BCUT2D eigenvalue weighted by molar-refractivity contribution is 5.89. The molecule has 9 heteroatoms. The Bertz CT molecular complexity index is 740. The predicted molar refractivity (Wildman–Crippen MR) is 74.1 cm³/mol. The van der Waals surface area contributed by atoms with Crippen LogP contribution in [0.25, 0.3) is 11.2 Å². The van der Waals surface area contributed by atoms with Gasteiger partial charge < -0.3 is 20.2 Å². The number of rotatable bonds is 4. The van der Waals surface area contributed by atoms with Gasteiger partial charge in [-0.15, -0.1) is 0 Å². The van der Waals surface area contributed by atoms with Crippen molar-refractivity contribution < 1.29 is 14.3 Å². The number of nitrogens with one attached hydrogen (secondary N) is 1. The summed E-state index contributed by atoms with van der Waals surface area (Å²) in [5.74, 6) is -0.804. The molecule has 0 bridgehead atoms. The second-order valence-corrected chi connectivity index (χ2v) is 4.39. The van der Waals surface area contributed by atoms with Gasteiger partial charge in [-0.1, -0.05) is 0 Å². The van der Waals surface area contributed by atoms with E-state index in [1.54, 1.807) is 20.8 Å². The van der Waals surface area contributed by atoms with Gasteiger partial charge in [0.15, 0.2) is 11.2 Å². The van der Waals surface area contributed by atoms with E-state index in [9.17, 15) is 9.59 Å². The predicted octanol–water partition coefficient (Wildman–Crippen LogP) is 0.259. The molecular weight excluding hydrogens is 278 g/mol. The van der Waals surface area contributed by atoms with Gasteiger partial charge in [-0.3, -0.25) is 4.79 Å². The minimum Gasteiger partial charge on any atom is -0.473 e. The van der Waals surface area contributed by atoms with Crippen LogP contribution in [0.4, 0.5) is 5.95 Å². The van der Waals surface area contributed by atoms with Crippen molar-refractivity contribution in [3.8, 4) is 5.88 Å². The molecule has 3 N–H and O–H groups in total. The van der Waals surface area contributed by atoms with Crippen molar-refractivity contribution in [2.75, 3.05) is 12.3 Å². The molecule has 0 amide bonds. The molecule has 2 aromatic rings. The van der Waals surface area contributed by atoms with Crippen molar-refractivity contribution in [3.05, 3.63) is 16.0 Å². The van der Waals surface area contributed by atoms with E-state index in [4.69, 9.17) is 15.2 Å². The molecule has 0 unspecified atom stereocenters. The van der Waals surface area contributed by atoms with E-state index in [2.05, 4.69) is 19.9 Å². The number of hydrogen-bond donors (Lipinski definition) is 2. The summed E-state index contributed by atoms with van der Waals surface area (Å²) in [4.78, 5) is 37.7. The summed E-state index contributed by atoms with van der Waals surface area (Å²) < 4.78 is 10.2. The zero-order chi connectivity index (χ0) is 15.6. The SMILES string of the molecule is CCOC(=O)c1nc2c(OC(C)C)nc(N)nc2[nH]c1=O. The van der Waals surface area contributed by atoms with Crippen LogP contribution in [0, 0.1) is 0 Å². The largest absolute Gasteiger partial charge is 0.473 e. The van der Waals surface area contributed by atoms with Gasteiger partial charge in [0, 0.05) is 0 Å². The van der Waals surface area contributed by atoms with Gasteiger partial charge in [0.2, 0.25) is 17.5 Å². The van der Waals surface area contributed by atoms with Crippen LogP contribution in [0.15, 0.2) is 4.79 Å². The number of nitrogens with zero attached hydrogens (tertiary/aromatic N) is 3. The number of hydrogen-bond acceptors (Lipinski definition) is 8. The summed E-state index contributed by atoms with van der Waals surface area (Å²) in [6, 6.07) is 0. The maximum absolute atomic E-state index is 11.8. The fraction of sp³-hybridized carbons (Fsp3) is 0.417. The van der Waals surface area contributed by atoms with Gasteiger partial charge in [0.05, 0.1) is 12.7 Å². The van der Waals surface area contributed by atoms with Crippen LogP contribution in [-0.2, 0) is 4.74 Å². The van der Waals surface area contributed by atoms with Crippen LogP contribution in [0.3, 0.4) is 0 Å². The molecule has 0 aliphatic carbocycles. The standard InChI is InChI=1S/C12H15N5O4/c1-4-20-11(19)7-9(18)15-8-6(14-7)10(21-5(2)3)17-12(13)16-8/h5H,4H2,1-3H3,(H3,13,15,16,17,18). The van der Waals surface area contributed by atoms with E-state index < -0.39 is 11.5 Å². The van der Waals surface area contributed by atoms with Gasteiger partial charge in [-0.25, -0.2) is 9.78 Å². The Morgan fingerprint density at radius 2 is 2.05 bits per heavy atom. The van der Waals surface area contributed by atoms with Gasteiger partial charge in [-0.05, 0) is 20.8 Å². The number of aromatic amines is 1. The number of carbonyl (C=O) groups excluding carboxylic acids is 1. The number of H-pyrrole nitrogens is 1. The number of anilines is 1. The third-order valence-corrected chi connectivity index (χ3v) is 2.36. The first-order valence-electron chi connectivity index (χ1n) is 6.33. The highest BCUT2D eigenvalue weighted by atomic mass is 16.5. The molecule has 0 fully saturated rings. The topological polar surface area (TPSA) is 133 Å². The van der Waals surface area contributed by atoms with Crippen LogP contribution >= 0.6 is 0 Å². The second kappa shape index (κ2) is 5.73. The summed E-state index contributed by atoms with van der Waals surface area (Å²) >= 11 is 0. The Morgan fingerprint density at radius 3 is 2.67 bits per heavy atom. The lowest BCUT2D eigenvalue weighted by molar-refractivity contribution is 0.0517. The second-order valence-electron chi connectivity index (χ2n) is 4.39. The molecule has 21 heavy (non-hydrogen) atoms. The third kappa shape index (κ3) is 3.07. The maximum atomic E-state index is 11.8. The Morgan fingerprint density at radius 1 is 1.33 bits per heavy atom. The van der Waals surface area contributed by atoms with E-state index >= 15 is 0 Å². The summed E-state index contributed by atoms with van der Waals surface area (Å²) in [5.41, 5.74) is 4.69. The molecule has 2 rings (SSSR count). The van der Waals surface area contributed by atoms with Crippen LogP contribution in [0.2, 0.25) is 0 Å². The van der Waals surface area contributed by atoms with Gasteiger partial charge >= 0.3 is 5.97 Å². The molecule has 2 heterocycles. The van der Waals surface area contributed by atoms with E-state index in [0.717, 1.165) is 0 Å². The average molecular weight is 293 g/mol. The molecular formula is C12H15N5O4. The number of ether oxygens (including phenoxy) is 2. The van der Waals surface area contributed by atoms with Crippen LogP contribution in [0.5, 0.6) is 5.88 Å². The number of fused-ring (bicyclic) bond motifs is 1. The minimum atomic E-state index is -0.826. The summed E-state index contributed by atoms with van der Waals surface area (Å²) in [5, 5.41) is 0. The fourth-order valence-electron chi connectivity index (χ4n) is 1.61. The van der Waals surface area contributed by atoms with Crippen molar-refractivity contribution in [3.63, 3.8) is 0 Å². The van der Waals surface area contributed by atoms with Crippen molar-refractivity contribution in [1.29, 1.82) is 0 Å². The Kier molecular flexibility index (Phi) is 4.01. The summed E-state index contributed by atoms with van der Waals surface area (Å²) in [6.07, 6.45) is -0.192. The first-order valence-corrected chi connectivity index (χ1v) is 6.33. The molecule has 2 aromatic heterocycles. The van der Waals surface area contributed by atoms with Gasteiger partial charge in [0.25, 0.3) is 5.56 Å². The molecule has 0 spiro atoms. The molecule has 0 aliphatic rings. The smallest absolute Gasteiger partial charge is 0.362 e. The quantitative estimate of drug-likeness (QED) is 0.767. The number of esters is 1. The van der Waals surface area contributed by atoms with Crippen molar-refractivity contribution >= 4 is 23.1 Å². The number of nitrogen functional groups attached to an aromatic ring is 1. The molecule has 9 nitrogen and oxygen atoms in total. The van der Waals surface area contributed by atoms with Crippen molar-refractivity contribution in [1.82, 2.24) is 19.9 Å². The molecule has 0 atom stereocenters. The van der Waals surface area contributed by atoms with E-state index in [1.165, 1.54) is 0 Å². The van der Waals surface area contributed by atoms with Gasteiger partial charge in [0.1, 0.15) is 0 Å². The summed E-state index contributed by atoms with van der Waals surface area (Å²) in [6.45, 7) is 5.35. The van der Waals surface area contributed by atoms with Crippen molar-refractivity contribution in [2.24, 2.45) is 0 Å². The molecule has 0 radical (unpaired) electrons. The first kappa shape index (κ1) is 14.7. The Balaban J connectivity index is 2.66. The number of aromatic nitrogens is 4. The zero-order valence-corrected chi connectivity index (χ0v) is 11.8. The van der Waals surface area contributed by atoms with Crippen LogP contribution in [-0.4, -0.2) is 38.6 Å². The average Bonchev–Trinajstić information content (AvgIpc) is 2.37. The van der Waals surface area contributed by atoms with Crippen molar-refractivity contribution in [2.45, 2.75) is 26.9 Å². The van der Waals surface area contributed by atoms with E-state index in [-0.39, 0.29) is 41.4 Å². The molecule has 0 saturated heterocycles. The molecule has 0 saturated carbocycles. The fourth-order valence-corrected chi connectivity index (χ4v) is 1.61. The number of nitrogens with two attached hydrogens (primary N) is 1. The highest BCUT2D eigenvalue weighted by Crippen LogP contribution is 2.20. The lowest BCUT2D eigenvalue weighted by Gasteiger charge is -2.11.